The maximum atomic E-state index is 11.3. The molecule has 0 heterocycles. The lowest BCUT2D eigenvalue weighted by atomic mass is 10.2. The van der Waals surface area contributed by atoms with Crippen molar-refractivity contribution < 1.29 is 9.53 Å². The number of ether oxygens (including phenoxy) is 1. The number of hydrogen-bond acceptors (Lipinski definition) is 3. The van der Waals surface area contributed by atoms with Gasteiger partial charge in [-0.05, 0) is 48.6 Å². The summed E-state index contributed by atoms with van der Waals surface area (Å²) in [6.45, 7) is 4.23. The Hall–Kier alpha value is -0.780. The summed E-state index contributed by atoms with van der Waals surface area (Å²) in [5.74, 6) is -0.159. The molecule has 0 amide bonds. The van der Waals surface area contributed by atoms with Crippen molar-refractivity contribution in [2.75, 3.05) is 11.9 Å². The first kappa shape index (κ1) is 13.3. The van der Waals surface area contributed by atoms with Crippen LogP contribution >= 0.6 is 22.6 Å². The van der Waals surface area contributed by atoms with E-state index in [-0.39, 0.29) is 12.0 Å². The molecule has 1 N–H and O–H groups in total. The molecule has 0 spiro atoms. The van der Waals surface area contributed by atoms with Crippen LogP contribution < -0.4 is 5.32 Å². The van der Waals surface area contributed by atoms with E-state index in [0.717, 1.165) is 9.26 Å². The summed E-state index contributed by atoms with van der Waals surface area (Å²) < 4.78 is 6.05. The molecule has 1 rings (SSSR count). The second-order valence-electron chi connectivity index (χ2n) is 3.53. The highest BCUT2D eigenvalue weighted by molar-refractivity contribution is 14.1. The van der Waals surface area contributed by atoms with Crippen LogP contribution in [0.2, 0.25) is 0 Å². The van der Waals surface area contributed by atoms with Crippen molar-refractivity contribution in [3.63, 3.8) is 0 Å². The van der Waals surface area contributed by atoms with E-state index in [2.05, 4.69) is 27.9 Å². The standard InChI is InChI=1S/C12H16INO2/c1-3-16-12(15)8-9(2)14-11-7-5-4-6-10(11)13/h4-7,9,14H,3,8H2,1-2H3. The minimum absolute atomic E-state index is 0.0787. The highest BCUT2D eigenvalue weighted by atomic mass is 127. The maximum absolute atomic E-state index is 11.3. The first-order valence-corrected chi connectivity index (χ1v) is 6.38. The van der Waals surface area contributed by atoms with Crippen LogP contribution in [0.3, 0.4) is 0 Å². The number of hydrogen-bond donors (Lipinski definition) is 1. The van der Waals surface area contributed by atoms with E-state index >= 15 is 0 Å². The van der Waals surface area contributed by atoms with E-state index in [1.54, 1.807) is 0 Å². The Kier molecular flexibility index (Phi) is 5.59. The Labute approximate surface area is 110 Å². The highest BCUT2D eigenvalue weighted by Gasteiger charge is 2.10. The normalized spacial score (nSPS) is 11.9. The van der Waals surface area contributed by atoms with E-state index in [1.165, 1.54) is 0 Å². The molecule has 0 saturated carbocycles. The third-order valence-corrected chi connectivity index (χ3v) is 2.99. The molecule has 1 unspecified atom stereocenters. The number of anilines is 1. The minimum Gasteiger partial charge on any atom is -0.466 e. The van der Waals surface area contributed by atoms with Gasteiger partial charge in [-0.2, -0.15) is 0 Å². The number of esters is 1. The fourth-order valence-corrected chi connectivity index (χ4v) is 1.91. The van der Waals surface area contributed by atoms with E-state index < -0.39 is 0 Å². The molecule has 0 bridgehead atoms. The molecule has 0 saturated heterocycles. The molecule has 0 aromatic heterocycles. The molecule has 0 radical (unpaired) electrons. The van der Waals surface area contributed by atoms with Crippen molar-refractivity contribution in [3.8, 4) is 0 Å². The van der Waals surface area contributed by atoms with Crippen molar-refractivity contribution in [2.24, 2.45) is 0 Å². The quantitative estimate of drug-likeness (QED) is 0.665. The molecule has 4 heteroatoms. The van der Waals surface area contributed by atoms with Gasteiger partial charge in [-0.3, -0.25) is 4.79 Å². The van der Waals surface area contributed by atoms with Gasteiger partial charge in [0.25, 0.3) is 0 Å². The van der Waals surface area contributed by atoms with Crippen LogP contribution in [0.1, 0.15) is 20.3 Å². The third kappa shape index (κ3) is 4.38. The maximum Gasteiger partial charge on any atom is 0.307 e. The Bertz CT molecular complexity index is 355. The van der Waals surface area contributed by atoms with Gasteiger partial charge in [-0.25, -0.2) is 0 Å². The molecular weight excluding hydrogens is 317 g/mol. The number of halogens is 1. The molecule has 16 heavy (non-hydrogen) atoms. The highest BCUT2D eigenvalue weighted by Crippen LogP contribution is 2.18. The number of para-hydroxylation sites is 1. The summed E-state index contributed by atoms with van der Waals surface area (Å²) in [5.41, 5.74) is 1.06. The number of carbonyl (C=O) groups excluding carboxylic acids is 1. The molecule has 0 fully saturated rings. The lowest BCUT2D eigenvalue weighted by Crippen LogP contribution is -2.21. The fraction of sp³-hybridized carbons (Fsp3) is 0.417. The van der Waals surface area contributed by atoms with Gasteiger partial charge in [0.05, 0.1) is 13.0 Å². The minimum atomic E-state index is -0.159. The lowest BCUT2D eigenvalue weighted by molar-refractivity contribution is -0.143. The summed E-state index contributed by atoms with van der Waals surface area (Å²) in [5, 5.41) is 3.29. The van der Waals surface area contributed by atoms with E-state index in [9.17, 15) is 4.79 Å². The predicted molar refractivity (Wildman–Crippen MR) is 73.5 cm³/mol. The Morgan fingerprint density at radius 3 is 2.81 bits per heavy atom. The summed E-state index contributed by atoms with van der Waals surface area (Å²) in [6.07, 6.45) is 0.388. The van der Waals surface area contributed by atoms with Crippen LogP contribution in [0.25, 0.3) is 0 Å². The van der Waals surface area contributed by atoms with Gasteiger partial charge < -0.3 is 10.1 Å². The van der Waals surface area contributed by atoms with Crippen LogP contribution in [0.15, 0.2) is 24.3 Å². The molecule has 0 aliphatic rings. The number of benzene rings is 1. The molecule has 1 aromatic carbocycles. The lowest BCUT2D eigenvalue weighted by Gasteiger charge is -2.15. The predicted octanol–water partition coefficient (Wildman–Crippen LogP) is 3.04. The number of nitrogens with one attached hydrogen (secondary N) is 1. The van der Waals surface area contributed by atoms with E-state index in [4.69, 9.17) is 4.74 Å². The topological polar surface area (TPSA) is 38.3 Å². The average Bonchev–Trinajstić information content (AvgIpc) is 2.21. The van der Waals surface area contributed by atoms with Crippen LogP contribution in [-0.4, -0.2) is 18.6 Å². The van der Waals surface area contributed by atoms with Gasteiger partial charge in [-0.1, -0.05) is 12.1 Å². The summed E-state index contributed by atoms with van der Waals surface area (Å²) in [7, 11) is 0. The Morgan fingerprint density at radius 2 is 2.19 bits per heavy atom. The molecular formula is C12H16INO2. The second kappa shape index (κ2) is 6.73. The largest absolute Gasteiger partial charge is 0.466 e. The van der Waals surface area contributed by atoms with Crippen LogP contribution in [0, 0.1) is 3.57 Å². The van der Waals surface area contributed by atoms with E-state index in [0.29, 0.717) is 13.0 Å². The fourth-order valence-electron chi connectivity index (χ4n) is 1.36. The molecule has 1 aromatic rings. The van der Waals surface area contributed by atoms with Gasteiger partial charge >= 0.3 is 5.97 Å². The summed E-state index contributed by atoms with van der Waals surface area (Å²) in [4.78, 5) is 11.3. The molecule has 3 nitrogen and oxygen atoms in total. The second-order valence-corrected chi connectivity index (χ2v) is 4.70. The Balaban J connectivity index is 2.48. The zero-order chi connectivity index (χ0) is 12.0. The number of rotatable bonds is 5. The summed E-state index contributed by atoms with van der Waals surface area (Å²) in [6, 6.07) is 8.07. The monoisotopic (exact) mass is 333 g/mol. The van der Waals surface area contributed by atoms with Gasteiger partial charge in [0.15, 0.2) is 0 Å². The van der Waals surface area contributed by atoms with Crippen LogP contribution in [-0.2, 0) is 9.53 Å². The van der Waals surface area contributed by atoms with Crippen LogP contribution in [0.5, 0.6) is 0 Å². The molecule has 1 atom stereocenters. The molecule has 0 aliphatic heterocycles. The smallest absolute Gasteiger partial charge is 0.307 e. The summed E-state index contributed by atoms with van der Waals surface area (Å²) >= 11 is 2.27. The van der Waals surface area contributed by atoms with Gasteiger partial charge in [0, 0.05) is 15.3 Å². The third-order valence-electron chi connectivity index (χ3n) is 2.05. The van der Waals surface area contributed by atoms with Crippen molar-refractivity contribution in [3.05, 3.63) is 27.8 Å². The van der Waals surface area contributed by atoms with Crippen LogP contribution in [0.4, 0.5) is 5.69 Å². The zero-order valence-corrected chi connectivity index (χ0v) is 11.7. The SMILES string of the molecule is CCOC(=O)CC(C)Nc1ccccc1I. The molecule has 88 valence electrons. The van der Waals surface area contributed by atoms with Crippen molar-refractivity contribution in [1.82, 2.24) is 0 Å². The first-order chi connectivity index (χ1) is 7.63. The first-order valence-electron chi connectivity index (χ1n) is 5.30. The zero-order valence-electron chi connectivity index (χ0n) is 9.50. The van der Waals surface area contributed by atoms with Gasteiger partial charge in [-0.15, -0.1) is 0 Å². The average molecular weight is 333 g/mol. The van der Waals surface area contributed by atoms with E-state index in [1.807, 2.05) is 38.1 Å². The number of carbonyl (C=O) groups is 1. The van der Waals surface area contributed by atoms with Crippen molar-refractivity contribution in [1.29, 1.82) is 0 Å². The van der Waals surface area contributed by atoms with Crippen molar-refractivity contribution >= 4 is 34.2 Å². The van der Waals surface area contributed by atoms with Crippen molar-refractivity contribution in [2.45, 2.75) is 26.3 Å². The Morgan fingerprint density at radius 1 is 1.50 bits per heavy atom. The van der Waals surface area contributed by atoms with Gasteiger partial charge in [0.1, 0.15) is 0 Å². The van der Waals surface area contributed by atoms with Gasteiger partial charge in [0.2, 0.25) is 0 Å². The molecule has 0 aliphatic carbocycles.